The third-order valence-corrected chi connectivity index (χ3v) is 4.38. The summed E-state index contributed by atoms with van der Waals surface area (Å²) < 4.78 is 9.93. The molecular weight excluding hydrogens is 374 g/mol. The van der Waals surface area contributed by atoms with Gasteiger partial charge in [-0.05, 0) is 51.8 Å². The monoisotopic (exact) mass is 406 g/mol. The van der Waals surface area contributed by atoms with E-state index in [0.29, 0.717) is 0 Å². The van der Waals surface area contributed by atoms with E-state index in [-0.39, 0.29) is 13.2 Å². The zero-order valence-electron chi connectivity index (χ0n) is 18.4. The molecule has 3 unspecified atom stereocenters. The summed E-state index contributed by atoms with van der Waals surface area (Å²) in [5.74, 6) is -2.85. The predicted molar refractivity (Wildman–Crippen MR) is 106 cm³/mol. The Balaban J connectivity index is 2.35. The number of hydrogen-bond acceptors (Lipinski definition) is 6. The minimum absolute atomic E-state index is 0.00445. The van der Waals surface area contributed by atoms with Crippen LogP contribution in [0.25, 0.3) is 0 Å². The van der Waals surface area contributed by atoms with E-state index in [9.17, 15) is 14.4 Å². The summed E-state index contributed by atoms with van der Waals surface area (Å²) in [5, 5.41) is 0. The van der Waals surface area contributed by atoms with Crippen LogP contribution in [0.1, 0.15) is 54.0 Å². The minimum Gasteiger partial charge on any atom is -0.459 e. The van der Waals surface area contributed by atoms with Crippen molar-refractivity contribution in [1.82, 2.24) is 0 Å². The van der Waals surface area contributed by atoms with Crippen LogP contribution in [-0.4, -0.2) is 40.4 Å². The quantitative estimate of drug-likeness (QED) is 0.427. The van der Waals surface area contributed by atoms with E-state index in [1.165, 1.54) is 0 Å². The Labute approximate surface area is 172 Å². The number of hydroxylamine groups is 3. The topological polar surface area (TPSA) is 78.9 Å². The van der Waals surface area contributed by atoms with E-state index in [4.69, 9.17) is 14.3 Å². The normalized spacial score (nSPS) is 25.0. The minimum atomic E-state index is -1.10. The molecule has 1 aromatic carbocycles. The Morgan fingerprint density at radius 3 is 2.07 bits per heavy atom. The van der Waals surface area contributed by atoms with Crippen LogP contribution in [0.4, 0.5) is 4.79 Å². The van der Waals surface area contributed by atoms with Crippen LogP contribution in [0.2, 0.25) is 0 Å². The van der Waals surface area contributed by atoms with Gasteiger partial charge in [-0.3, -0.25) is 4.79 Å². The summed E-state index contributed by atoms with van der Waals surface area (Å²) in [4.78, 5) is 45.0. The van der Waals surface area contributed by atoms with E-state index >= 15 is 0 Å². The van der Waals surface area contributed by atoms with E-state index in [0.717, 1.165) is 5.56 Å². The van der Waals surface area contributed by atoms with Crippen LogP contribution in [0.5, 0.6) is 0 Å². The summed E-state index contributed by atoms with van der Waals surface area (Å²) in [6.07, 6.45) is -0.823. The summed E-state index contributed by atoms with van der Waals surface area (Å²) >= 11 is 0. The summed E-state index contributed by atoms with van der Waals surface area (Å²) in [6, 6.07) is 9.22. The molecule has 1 heterocycles. The number of nitrogens with zero attached hydrogens (tertiary/aromatic N) is 1. The standard InChI is InChI=1S/C22H32NO6/c1-15-13-23(20(26)29-22(5,6)7,27-14-16-11-9-8-10-12-16)18(24)17(15)19(25)28-21(2,3)4/h8-12,15,17H,13-14H2,1-7H3/q+1. The second-order valence-electron chi connectivity index (χ2n) is 9.49. The molecule has 7 nitrogen and oxygen atoms in total. The maximum Gasteiger partial charge on any atom is 0.558 e. The van der Waals surface area contributed by atoms with Crippen molar-refractivity contribution in [3.63, 3.8) is 0 Å². The number of carbonyl (C=O) groups excluding carboxylic acids is 3. The molecule has 0 spiro atoms. The molecule has 2 rings (SSSR count). The van der Waals surface area contributed by atoms with E-state index in [2.05, 4.69) is 0 Å². The van der Waals surface area contributed by atoms with Crippen molar-refractivity contribution in [2.24, 2.45) is 11.8 Å². The Morgan fingerprint density at radius 2 is 1.55 bits per heavy atom. The largest absolute Gasteiger partial charge is 0.558 e. The Hall–Kier alpha value is -2.25. The number of carbonyl (C=O) groups is 3. The van der Waals surface area contributed by atoms with Crippen LogP contribution in [0, 0.1) is 11.8 Å². The first-order valence-electron chi connectivity index (χ1n) is 9.82. The second-order valence-corrected chi connectivity index (χ2v) is 9.49. The number of hydrogen-bond donors (Lipinski definition) is 0. The highest BCUT2D eigenvalue weighted by atomic mass is 16.8. The van der Waals surface area contributed by atoms with Crippen molar-refractivity contribution in [1.29, 1.82) is 0 Å². The molecule has 29 heavy (non-hydrogen) atoms. The number of quaternary nitrogens is 1. The molecule has 0 aliphatic carbocycles. The van der Waals surface area contributed by atoms with Crippen molar-refractivity contribution >= 4 is 18.0 Å². The molecule has 1 aliphatic rings. The fourth-order valence-corrected chi connectivity index (χ4v) is 3.20. The third kappa shape index (κ3) is 5.64. The van der Waals surface area contributed by atoms with Gasteiger partial charge in [0.15, 0.2) is 5.92 Å². The SMILES string of the molecule is CC1C[N+](OCc2ccccc2)(C(=O)OC(C)(C)C)C(=O)C1C(=O)OC(C)(C)C. The van der Waals surface area contributed by atoms with E-state index < -0.39 is 45.7 Å². The lowest BCUT2D eigenvalue weighted by Crippen LogP contribution is -2.56. The smallest absolute Gasteiger partial charge is 0.459 e. The lowest BCUT2D eigenvalue weighted by molar-refractivity contribution is -0.983. The molecule has 160 valence electrons. The molecule has 0 saturated carbocycles. The number of benzene rings is 1. The summed E-state index contributed by atoms with van der Waals surface area (Å²) in [6.45, 7) is 12.1. The fraction of sp³-hybridized carbons (Fsp3) is 0.591. The zero-order chi connectivity index (χ0) is 22.0. The molecule has 1 aliphatic heterocycles. The lowest BCUT2D eigenvalue weighted by atomic mass is 9.97. The van der Waals surface area contributed by atoms with Gasteiger partial charge >= 0.3 is 18.0 Å². The highest BCUT2D eigenvalue weighted by Crippen LogP contribution is 2.36. The van der Waals surface area contributed by atoms with Gasteiger partial charge in [-0.1, -0.05) is 37.3 Å². The first-order valence-corrected chi connectivity index (χ1v) is 9.82. The number of ether oxygens (including phenoxy) is 2. The second kappa shape index (κ2) is 8.24. The van der Waals surface area contributed by atoms with Crippen LogP contribution < -0.4 is 0 Å². The third-order valence-electron chi connectivity index (χ3n) is 4.38. The number of likely N-dealkylation sites (tertiary alicyclic amines) is 1. The van der Waals surface area contributed by atoms with Gasteiger partial charge < -0.3 is 9.47 Å². The maximum absolute atomic E-state index is 13.4. The van der Waals surface area contributed by atoms with Gasteiger partial charge in [0.1, 0.15) is 24.4 Å². The molecule has 1 fully saturated rings. The van der Waals surface area contributed by atoms with Crippen LogP contribution >= 0.6 is 0 Å². The van der Waals surface area contributed by atoms with E-state index in [1.54, 1.807) is 48.5 Å². The lowest BCUT2D eigenvalue weighted by Gasteiger charge is -2.29. The van der Waals surface area contributed by atoms with Gasteiger partial charge in [-0.15, -0.1) is 0 Å². The van der Waals surface area contributed by atoms with Gasteiger partial charge in [0.25, 0.3) is 0 Å². The maximum atomic E-state index is 13.4. The molecule has 7 heteroatoms. The Bertz CT molecular complexity index is 762. The molecule has 2 amide bonds. The van der Waals surface area contributed by atoms with Crippen molar-refractivity contribution in [3.05, 3.63) is 35.9 Å². The van der Waals surface area contributed by atoms with Crippen molar-refractivity contribution in [2.45, 2.75) is 66.3 Å². The molecule has 0 N–H and O–H groups in total. The van der Waals surface area contributed by atoms with E-state index in [1.807, 2.05) is 30.3 Å². The number of imide groups is 1. The Kier molecular flexibility index (Phi) is 6.55. The van der Waals surface area contributed by atoms with Crippen LogP contribution in [0.3, 0.4) is 0 Å². The molecule has 0 radical (unpaired) electrons. The van der Waals surface area contributed by atoms with Gasteiger partial charge in [0.2, 0.25) is 0 Å². The molecule has 1 aromatic rings. The zero-order valence-corrected chi connectivity index (χ0v) is 18.4. The van der Waals surface area contributed by atoms with Crippen molar-refractivity contribution in [2.75, 3.05) is 6.54 Å². The van der Waals surface area contributed by atoms with Crippen LogP contribution in [0.15, 0.2) is 30.3 Å². The molecule has 3 atom stereocenters. The van der Waals surface area contributed by atoms with Crippen LogP contribution in [-0.2, 0) is 30.5 Å². The van der Waals surface area contributed by atoms with Gasteiger partial charge in [-0.25, -0.2) is 4.79 Å². The highest BCUT2D eigenvalue weighted by molar-refractivity contribution is 5.99. The number of amides is 2. The first-order chi connectivity index (χ1) is 13.3. The summed E-state index contributed by atoms with van der Waals surface area (Å²) in [5.41, 5.74) is -0.757. The first kappa shape index (κ1) is 23.0. The fourth-order valence-electron chi connectivity index (χ4n) is 3.20. The average molecular weight is 406 g/mol. The Morgan fingerprint density at radius 1 is 1.00 bits per heavy atom. The number of esters is 1. The van der Waals surface area contributed by atoms with Gasteiger partial charge in [0.05, 0.1) is 0 Å². The average Bonchev–Trinajstić information content (AvgIpc) is 2.82. The number of rotatable bonds is 4. The molecular formula is C22H32NO6+. The highest BCUT2D eigenvalue weighted by Gasteiger charge is 2.65. The summed E-state index contributed by atoms with van der Waals surface area (Å²) in [7, 11) is 0. The molecule has 0 aromatic heterocycles. The van der Waals surface area contributed by atoms with Gasteiger partial charge in [-0.2, -0.15) is 9.63 Å². The van der Waals surface area contributed by atoms with Crippen molar-refractivity contribution < 1.29 is 33.3 Å². The van der Waals surface area contributed by atoms with Crippen molar-refractivity contribution in [3.8, 4) is 0 Å². The van der Waals surface area contributed by atoms with Gasteiger partial charge in [0, 0.05) is 5.92 Å². The predicted octanol–water partition coefficient (Wildman–Crippen LogP) is 4.00. The molecule has 1 saturated heterocycles. The molecule has 0 bridgehead atoms.